The van der Waals surface area contributed by atoms with Crippen LogP contribution in [-0.2, 0) is 18.9 Å². The molecule has 16 heteroatoms. The van der Waals surface area contributed by atoms with Gasteiger partial charge in [-0.2, -0.15) is 0 Å². The highest BCUT2D eigenvalue weighted by Crippen LogP contribution is 2.30. The summed E-state index contributed by atoms with van der Waals surface area (Å²) in [5, 5.41) is 118. The van der Waals surface area contributed by atoms with Gasteiger partial charge in [0.1, 0.15) is 73.2 Å². The molecule has 0 aromatic heterocycles. The molecule has 0 saturated carbocycles. The zero-order valence-corrected chi connectivity index (χ0v) is 17.9. The molecule has 202 valence electrons. The molecule has 0 aromatic carbocycles. The first-order valence-electron chi connectivity index (χ1n) is 10.5. The molecule has 0 radical (unpaired) electrons. The lowest BCUT2D eigenvalue weighted by atomic mass is 9.96. The molecule has 12 N–H and O–H groups in total. The molecule has 0 spiro atoms. The van der Waals surface area contributed by atoms with Crippen molar-refractivity contribution in [3.8, 4) is 0 Å². The molecule has 2 heterocycles. The summed E-state index contributed by atoms with van der Waals surface area (Å²) in [6.45, 7) is -3.55. The Labute approximate surface area is 193 Å². The molecule has 0 unspecified atom stereocenters. The summed E-state index contributed by atoms with van der Waals surface area (Å²) in [6, 6.07) is 0. The molecule has 0 amide bonds. The predicted molar refractivity (Wildman–Crippen MR) is 103 cm³/mol. The van der Waals surface area contributed by atoms with Crippen molar-refractivity contribution in [3.63, 3.8) is 0 Å². The van der Waals surface area contributed by atoms with Crippen LogP contribution in [0.4, 0.5) is 0 Å². The van der Waals surface area contributed by atoms with E-state index in [0.29, 0.717) is 0 Å². The number of hydrogen-bond acceptors (Lipinski definition) is 16. The number of rotatable bonds is 11. The molecule has 2 saturated heterocycles. The molecule has 14 atom stereocenters. The average Bonchev–Trinajstić information content (AvgIpc) is 2.84. The van der Waals surface area contributed by atoms with E-state index in [2.05, 4.69) is 0 Å². The van der Waals surface area contributed by atoms with Gasteiger partial charge in [-0.25, -0.2) is 0 Å². The lowest BCUT2D eigenvalue weighted by Crippen LogP contribution is -2.65. The summed E-state index contributed by atoms with van der Waals surface area (Å²) >= 11 is 0. The molecule has 0 aliphatic carbocycles. The van der Waals surface area contributed by atoms with Gasteiger partial charge in [-0.05, 0) is 0 Å². The van der Waals surface area contributed by atoms with Gasteiger partial charge in [0.15, 0.2) is 12.6 Å². The zero-order valence-electron chi connectivity index (χ0n) is 17.9. The smallest absolute Gasteiger partial charge is 0.187 e. The monoisotopic (exact) mass is 506 g/mol. The van der Waals surface area contributed by atoms with Crippen molar-refractivity contribution in [2.24, 2.45) is 0 Å². The third kappa shape index (κ3) is 6.37. The van der Waals surface area contributed by atoms with Crippen molar-refractivity contribution in [1.82, 2.24) is 0 Å². The van der Waals surface area contributed by atoms with Crippen LogP contribution in [0.1, 0.15) is 0 Å². The van der Waals surface area contributed by atoms with Crippen LogP contribution in [-0.4, -0.2) is 174 Å². The van der Waals surface area contributed by atoms with Crippen molar-refractivity contribution in [2.75, 3.05) is 26.4 Å². The highest BCUT2D eigenvalue weighted by molar-refractivity contribution is 4.95. The minimum atomic E-state index is -1.98. The van der Waals surface area contributed by atoms with Gasteiger partial charge in [0.25, 0.3) is 0 Å². The third-order valence-electron chi connectivity index (χ3n) is 5.74. The average molecular weight is 506 g/mol. The molecule has 16 nitrogen and oxygen atoms in total. The van der Waals surface area contributed by atoms with Gasteiger partial charge in [-0.15, -0.1) is 0 Å². The molecule has 2 rings (SSSR count). The molecular weight excluding hydrogens is 472 g/mol. The van der Waals surface area contributed by atoms with E-state index in [4.69, 9.17) is 24.1 Å². The van der Waals surface area contributed by atoms with Gasteiger partial charge in [0, 0.05) is 0 Å². The standard InChI is InChI=1S/C18H34O16/c19-1-5(23)9(25)15(6(24)2-20)33-18-14(30)16(11(27)8(4-22)32-18)34-17-13(29)12(28)10(26)7(3-21)31-17/h5-30H,1-4H2/t5-,6+,7-,8-,9+,10-,11-,12+,13-,14-,15-,16+,17-,18+/m1/s1. The molecule has 2 fully saturated rings. The lowest BCUT2D eigenvalue weighted by Gasteiger charge is -2.46. The van der Waals surface area contributed by atoms with E-state index in [1.54, 1.807) is 0 Å². The van der Waals surface area contributed by atoms with Gasteiger partial charge < -0.3 is 80.2 Å². The molecule has 34 heavy (non-hydrogen) atoms. The second-order valence-electron chi connectivity index (χ2n) is 8.10. The predicted octanol–water partition coefficient (Wildman–Crippen LogP) is -7.94. The second-order valence-corrected chi connectivity index (χ2v) is 8.10. The second kappa shape index (κ2) is 13.1. The Balaban J connectivity index is 2.24. The first-order valence-corrected chi connectivity index (χ1v) is 10.5. The quantitative estimate of drug-likeness (QED) is 0.124. The van der Waals surface area contributed by atoms with E-state index in [1.165, 1.54) is 0 Å². The van der Waals surface area contributed by atoms with Crippen LogP contribution in [0, 0.1) is 0 Å². The maximum atomic E-state index is 10.7. The molecule has 0 aromatic rings. The van der Waals surface area contributed by atoms with Gasteiger partial charge in [0.05, 0.1) is 26.4 Å². The van der Waals surface area contributed by atoms with Crippen LogP contribution in [0.25, 0.3) is 0 Å². The van der Waals surface area contributed by atoms with E-state index < -0.39 is 112 Å². The Morgan fingerprint density at radius 2 is 1.15 bits per heavy atom. The number of aliphatic hydroxyl groups excluding tert-OH is 12. The normalized spacial score (nSPS) is 42.7. The van der Waals surface area contributed by atoms with Gasteiger partial charge in [-0.3, -0.25) is 0 Å². The largest absolute Gasteiger partial charge is 0.394 e. The Morgan fingerprint density at radius 1 is 0.618 bits per heavy atom. The molecule has 2 aliphatic heterocycles. The van der Waals surface area contributed by atoms with Crippen molar-refractivity contribution >= 4 is 0 Å². The van der Waals surface area contributed by atoms with Crippen LogP contribution in [0.3, 0.4) is 0 Å². The summed E-state index contributed by atoms with van der Waals surface area (Å²) in [5.74, 6) is 0. The van der Waals surface area contributed by atoms with Crippen molar-refractivity contribution in [2.45, 2.75) is 85.8 Å². The van der Waals surface area contributed by atoms with E-state index in [-0.39, 0.29) is 0 Å². The Bertz CT molecular complexity index is 596. The molecule has 0 bridgehead atoms. The summed E-state index contributed by atoms with van der Waals surface area (Å²) in [7, 11) is 0. The van der Waals surface area contributed by atoms with Crippen LogP contribution < -0.4 is 0 Å². The molecular formula is C18H34O16. The van der Waals surface area contributed by atoms with Gasteiger partial charge in [-0.1, -0.05) is 0 Å². The SMILES string of the molecule is OC[C@@H](O)[C@H](O)[C@H](O[C@@H]1O[C@H](CO)[C@@H](O)[C@H](O[C@H]2O[C@H](CO)[C@@H](O)[C@H](O)[C@H]2O)[C@H]1O)[C@@H](O)CO. The highest BCUT2D eigenvalue weighted by Gasteiger charge is 2.52. The maximum absolute atomic E-state index is 10.7. The van der Waals surface area contributed by atoms with Crippen LogP contribution >= 0.6 is 0 Å². The van der Waals surface area contributed by atoms with E-state index >= 15 is 0 Å². The highest BCUT2D eigenvalue weighted by atomic mass is 16.7. The van der Waals surface area contributed by atoms with E-state index in [0.717, 1.165) is 0 Å². The number of aliphatic hydroxyl groups is 12. The summed E-state index contributed by atoms with van der Waals surface area (Å²) < 4.78 is 21.1. The minimum absolute atomic E-state index is 0.777. The topological polar surface area (TPSA) is 280 Å². The van der Waals surface area contributed by atoms with Crippen LogP contribution in [0.2, 0.25) is 0 Å². The fourth-order valence-electron chi connectivity index (χ4n) is 3.65. The number of hydrogen-bond donors (Lipinski definition) is 12. The first kappa shape index (κ1) is 29.6. The van der Waals surface area contributed by atoms with E-state index in [1.807, 2.05) is 0 Å². The molecule has 2 aliphatic rings. The fourth-order valence-corrected chi connectivity index (χ4v) is 3.65. The van der Waals surface area contributed by atoms with Gasteiger partial charge >= 0.3 is 0 Å². The maximum Gasteiger partial charge on any atom is 0.187 e. The zero-order chi connectivity index (χ0) is 25.7. The first-order chi connectivity index (χ1) is 16.0. The van der Waals surface area contributed by atoms with Crippen molar-refractivity contribution in [3.05, 3.63) is 0 Å². The Kier molecular flexibility index (Phi) is 11.4. The van der Waals surface area contributed by atoms with Crippen LogP contribution in [0.15, 0.2) is 0 Å². The van der Waals surface area contributed by atoms with Gasteiger partial charge in [0.2, 0.25) is 0 Å². The summed E-state index contributed by atoms with van der Waals surface area (Å²) in [5.41, 5.74) is 0. The van der Waals surface area contributed by atoms with E-state index in [9.17, 15) is 56.2 Å². The summed E-state index contributed by atoms with van der Waals surface area (Å²) in [4.78, 5) is 0. The lowest BCUT2D eigenvalue weighted by molar-refractivity contribution is -0.369. The summed E-state index contributed by atoms with van der Waals surface area (Å²) in [6.07, 6.45) is -24.9. The van der Waals surface area contributed by atoms with Crippen molar-refractivity contribution in [1.29, 1.82) is 0 Å². The third-order valence-corrected chi connectivity index (χ3v) is 5.74. The minimum Gasteiger partial charge on any atom is -0.394 e. The van der Waals surface area contributed by atoms with Crippen molar-refractivity contribution < 1.29 is 80.2 Å². The Hall–Kier alpha value is -0.640. The van der Waals surface area contributed by atoms with Crippen LogP contribution in [0.5, 0.6) is 0 Å². The Morgan fingerprint density at radius 3 is 1.68 bits per heavy atom. The number of ether oxygens (including phenoxy) is 4. The fraction of sp³-hybridized carbons (Fsp3) is 1.00.